The summed E-state index contributed by atoms with van der Waals surface area (Å²) in [6.45, 7) is 7.88. The van der Waals surface area contributed by atoms with Gasteiger partial charge in [0.2, 0.25) is 0 Å². The third-order valence-electron chi connectivity index (χ3n) is 10.7. The van der Waals surface area contributed by atoms with E-state index in [9.17, 15) is 10.2 Å². The number of hydrogen-bond acceptors (Lipinski definition) is 3. The molecular weight excluding hydrogens is 360 g/mol. The molecule has 0 aromatic heterocycles. The van der Waals surface area contributed by atoms with Crippen molar-refractivity contribution in [2.45, 2.75) is 110 Å². The lowest BCUT2D eigenvalue weighted by Gasteiger charge is -2.62. The fourth-order valence-corrected chi connectivity index (χ4v) is 9.13. The number of aliphatic hydroxyl groups excluding tert-OH is 3. The molecule has 3 heteroatoms. The number of rotatable bonds is 6. The lowest BCUT2D eigenvalue weighted by Crippen LogP contribution is -2.58. The number of unbranched alkanes of at least 4 members (excludes halogenated alkanes) is 2. The normalized spacial score (nSPS) is 50.5. The van der Waals surface area contributed by atoms with Gasteiger partial charge in [-0.2, -0.15) is 0 Å². The van der Waals surface area contributed by atoms with Crippen LogP contribution in [0.1, 0.15) is 97.8 Å². The van der Waals surface area contributed by atoms with Crippen LogP contribution < -0.4 is 0 Å². The second kappa shape index (κ2) is 8.43. The first-order valence-corrected chi connectivity index (χ1v) is 12.8. The van der Waals surface area contributed by atoms with Crippen molar-refractivity contribution in [1.82, 2.24) is 0 Å². The molecule has 0 amide bonds. The van der Waals surface area contributed by atoms with Gasteiger partial charge in [0.05, 0.1) is 12.2 Å². The monoisotopic (exact) mass is 406 g/mol. The molecule has 4 fully saturated rings. The Kier molecular flexibility index (Phi) is 6.42. The summed E-state index contributed by atoms with van der Waals surface area (Å²) >= 11 is 0. The van der Waals surface area contributed by atoms with Gasteiger partial charge in [-0.15, -0.1) is 0 Å². The molecule has 4 aliphatic rings. The maximum Gasteiger partial charge on any atom is 0.0577 e. The number of aliphatic hydroxyl groups is 3. The van der Waals surface area contributed by atoms with Crippen molar-refractivity contribution in [3.8, 4) is 0 Å². The van der Waals surface area contributed by atoms with Gasteiger partial charge in [0.15, 0.2) is 0 Å². The SMILES string of the molecule is C[C@H](CCCCCO)[C@H]1CC[C@H]2[C@@H]3[C@H](O)C[C@@H]4C[C@H](O)CC[C@]4(C)[C@H]3CC[C@]12C. The molecule has 168 valence electrons. The fraction of sp³-hybridized carbons (Fsp3) is 1.00. The van der Waals surface area contributed by atoms with E-state index < -0.39 is 0 Å². The predicted molar refractivity (Wildman–Crippen MR) is 117 cm³/mol. The second-order valence-corrected chi connectivity index (χ2v) is 12.0. The van der Waals surface area contributed by atoms with Gasteiger partial charge in [-0.05, 0) is 104 Å². The Labute approximate surface area is 178 Å². The van der Waals surface area contributed by atoms with Crippen molar-refractivity contribution in [2.24, 2.45) is 46.3 Å². The maximum atomic E-state index is 11.3. The molecule has 0 bridgehead atoms. The highest BCUT2D eigenvalue weighted by Gasteiger charge is 2.62. The first-order valence-electron chi connectivity index (χ1n) is 12.8. The largest absolute Gasteiger partial charge is 0.396 e. The molecular formula is C26H46O3. The van der Waals surface area contributed by atoms with E-state index in [1.54, 1.807) is 0 Å². The first-order chi connectivity index (χ1) is 13.8. The summed E-state index contributed by atoms with van der Waals surface area (Å²) in [7, 11) is 0. The average molecular weight is 407 g/mol. The summed E-state index contributed by atoms with van der Waals surface area (Å²) < 4.78 is 0. The molecule has 3 N–H and O–H groups in total. The van der Waals surface area contributed by atoms with E-state index in [2.05, 4.69) is 20.8 Å². The Morgan fingerprint density at radius 2 is 1.59 bits per heavy atom. The van der Waals surface area contributed by atoms with E-state index in [0.29, 0.717) is 41.1 Å². The van der Waals surface area contributed by atoms with E-state index in [-0.39, 0.29) is 12.2 Å². The first kappa shape index (κ1) is 22.1. The standard InChI is InChI=1S/C26H46O3/c1-17(7-5-4-6-14-27)20-8-9-21-24-22(11-13-26(20,21)3)25(2)12-10-19(28)15-18(25)16-23(24)29/h17-24,27-29H,4-16H2,1-3H3/t17-,18+,19-,20-,21+,22+,23-,24+,25+,26-/m1/s1. The van der Waals surface area contributed by atoms with Crippen molar-refractivity contribution < 1.29 is 15.3 Å². The Bertz CT molecular complexity index is 564. The van der Waals surface area contributed by atoms with Gasteiger partial charge in [0.1, 0.15) is 0 Å². The van der Waals surface area contributed by atoms with E-state index in [1.165, 1.54) is 38.5 Å². The van der Waals surface area contributed by atoms with Gasteiger partial charge in [-0.3, -0.25) is 0 Å². The Morgan fingerprint density at radius 3 is 2.34 bits per heavy atom. The van der Waals surface area contributed by atoms with Gasteiger partial charge in [-0.25, -0.2) is 0 Å². The van der Waals surface area contributed by atoms with Crippen LogP contribution in [0.15, 0.2) is 0 Å². The fourth-order valence-electron chi connectivity index (χ4n) is 9.13. The second-order valence-electron chi connectivity index (χ2n) is 12.0. The zero-order valence-corrected chi connectivity index (χ0v) is 19.2. The molecule has 4 rings (SSSR count). The minimum atomic E-state index is -0.161. The molecule has 0 aromatic carbocycles. The van der Waals surface area contributed by atoms with E-state index in [0.717, 1.165) is 50.4 Å². The van der Waals surface area contributed by atoms with E-state index in [4.69, 9.17) is 5.11 Å². The summed E-state index contributed by atoms with van der Waals surface area (Å²) in [6, 6.07) is 0. The smallest absolute Gasteiger partial charge is 0.0577 e. The molecule has 0 spiro atoms. The van der Waals surface area contributed by atoms with Gasteiger partial charge < -0.3 is 15.3 Å². The summed E-state index contributed by atoms with van der Waals surface area (Å²) in [5.74, 6) is 3.89. The zero-order valence-electron chi connectivity index (χ0n) is 19.2. The molecule has 0 radical (unpaired) electrons. The summed E-state index contributed by atoms with van der Waals surface area (Å²) in [5.41, 5.74) is 0.731. The summed E-state index contributed by atoms with van der Waals surface area (Å²) in [5, 5.41) is 30.6. The number of fused-ring (bicyclic) bond motifs is 5. The van der Waals surface area contributed by atoms with Crippen molar-refractivity contribution in [3.05, 3.63) is 0 Å². The van der Waals surface area contributed by atoms with Crippen molar-refractivity contribution in [2.75, 3.05) is 6.61 Å². The Hall–Kier alpha value is -0.120. The van der Waals surface area contributed by atoms with Crippen LogP contribution in [0.5, 0.6) is 0 Å². The van der Waals surface area contributed by atoms with Crippen LogP contribution in [0, 0.1) is 46.3 Å². The van der Waals surface area contributed by atoms with Crippen LogP contribution in [0.25, 0.3) is 0 Å². The van der Waals surface area contributed by atoms with Crippen LogP contribution in [-0.2, 0) is 0 Å². The minimum Gasteiger partial charge on any atom is -0.396 e. The van der Waals surface area contributed by atoms with E-state index in [1.807, 2.05) is 0 Å². The molecule has 0 unspecified atom stereocenters. The highest BCUT2D eigenvalue weighted by molar-refractivity contribution is 5.11. The van der Waals surface area contributed by atoms with Gasteiger partial charge in [0.25, 0.3) is 0 Å². The van der Waals surface area contributed by atoms with Crippen molar-refractivity contribution >= 4 is 0 Å². The predicted octanol–water partition coefficient (Wildman–Crippen LogP) is 5.17. The lowest BCUT2D eigenvalue weighted by molar-refractivity contribution is -0.174. The van der Waals surface area contributed by atoms with Gasteiger partial charge in [0, 0.05) is 6.61 Å². The Balaban J connectivity index is 1.49. The molecule has 0 saturated heterocycles. The molecule has 0 aliphatic heterocycles. The zero-order chi connectivity index (χ0) is 20.8. The molecule has 0 aromatic rings. The molecule has 4 aliphatic carbocycles. The molecule has 29 heavy (non-hydrogen) atoms. The molecule has 0 heterocycles. The van der Waals surface area contributed by atoms with Crippen molar-refractivity contribution in [1.29, 1.82) is 0 Å². The van der Waals surface area contributed by atoms with Crippen LogP contribution >= 0.6 is 0 Å². The maximum absolute atomic E-state index is 11.3. The van der Waals surface area contributed by atoms with Gasteiger partial charge >= 0.3 is 0 Å². The van der Waals surface area contributed by atoms with Crippen LogP contribution in [0.2, 0.25) is 0 Å². The lowest BCUT2D eigenvalue weighted by atomic mass is 9.43. The topological polar surface area (TPSA) is 60.7 Å². The van der Waals surface area contributed by atoms with Crippen LogP contribution in [0.3, 0.4) is 0 Å². The average Bonchev–Trinajstić information content (AvgIpc) is 3.04. The minimum absolute atomic E-state index is 0.145. The molecule has 3 nitrogen and oxygen atoms in total. The molecule has 4 saturated carbocycles. The molecule has 10 atom stereocenters. The third kappa shape index (κ3) is 3.72. The van der Waals surface area contributed by atoms with E-state index >= 15 is 0 Å². The van der Waals surface area contributed by atoms with Crippen LogP contribution in [0.4, 0.5) is 0 Å². The highest BCUT2D eigenvalue weighted by atomic mass is 16.3. The quantitative estimate of drug-likeness (QED) is 0.534. The van der Waals surface area contributed by atoms with Crippen molar-refractivity contribution in [3.63, 3.8) is 0 Å². The highest BCUT2D eigenvalue weighted by Crippen LogP contribution is 2.68. The van der Waals surface area contributed by atoms with Crippen LogP contribution in [-0.4, -0.2) is 34.1 Å². The summed E-state index contributed by atoms with van der Waals surface area (Å²) in [6.07, 6.45) is 13.5. The van der Waals surface area contributed by atoms with Gasteiger partial charge in [-0.1, -0.05) is 40.0 Å². The summed E-state index contributed by atoms with van der Waals surface area (Å²) in [4.78, 5) is 0. The Morgan fingerprint density at radius 1 is 0.862 bits per heavy atom. The third-order valence-corrected chi connectivity index (χ3v) is 10.7. The number of hydrogen-bond donors (Lipinski definition) is 3.